The first-order chi connectivity index (χ1) is 14.3. The second-order valence-corrected chi connectivity index (χ2v) is 8.18. The molecule has 8 nitrogen and oxygen atoms in total. The Morgan fingerprint density at radius 3 is 2.60 bits per heavy atom. The number of nitrogens with zero attached hydrogens (tertiary/aromatic N) is 6. The van der Waals surface area contributed by atoms with Gasteiger partial charge in [0.05, 0.1) is 6.54 Å². The van der Waals surface area contributed by atoms with Crippen LogP contribution in [0.15, 0.2) is 41.2 Å². The maximum atomic E-state index is 14.1. The van der Waals surface area contributed by atoms with E-state index < -0.39 is 24.1 Å². The van der Waals surface area contributed by atoms with Crippen molar-refractivity contribution >= 4 is 17.9 Å². The number of fused-ring (bicyclic) bond motifs is 3. The molecule has 1 saturated heterocycles. The molecule has 0 aromatic heterocycles. The lowest BCUT2D eigenvalue weighted by Crippen LogP contribution is -2.63. The Morgan fingerprint density at radius 2 is 1.90 bits per heavy atom. The number of carbonyl (C=O) groups excluding carboxylic acids is 2. The van der Waals surface area contributed by atoms with Crippen molar-refractivity contribution in [1.82, 2.24) is 24.5 Å². The van der Waals surface area contributed by atoms with Crippen molar-refractivity contribution in [2.45, 2.75) is 32.1 Å². The summed E-state index contributed by atoms with van der Waals surface area (Å²) in [4.78, 5) is 39.6. The molecular formula is C21H27FN6O2. The van der Waals surface area contributed by atoms with Crippen LogP contribution in [0.5, 0.6) is 0 Å². The van der Waals surface area contributed by atoms with Crippen LogP contribution in [-0.2, 0) is 11.3 Å². The molecule has 3 heterocycles. The predicted molar refractivity (Wildman–Crippen MR) is 111 cm³/mol. The monoisotopic (exact) mass is 414 g/mol. The summed E-state index contributed by atoms with van der Waals surface area (Å²) in [5, 5.41) is 0. The first-order valence-corrected chi connectivity index (χ1v) is 10.1. The first-order valence-electron chi connectivity index (χ1n) is 10.1. The Labute approximate surface area is 175 Å². The van der Waals surface area contributed by atoms with Crippen molar-refractivity contribution in [3.05, 3.63) is 47.5 Å². The highest BCUT2D eigenvalue weighted by Crippen LogP contribution is 2.34. The highest BCUT2D eigenvalue weighted by atomic mass is 19.1. The number of imide groups is 1. The molecule has 0 bridgehead atoms. The number of benzene rings is 1. The number of aliphatic imine (C=N–C) groups is 1. The van der Waals surface area contributed by atoms with E-state index in [-0.39, 0.29) is 12.5 Å². The molecule has 1 aromatic carbocycles. The van der Waals surface area contributed by atoms with Crippen LogP contribution in [-0.4, -0.2) is 88.8 Å². The van der Waals surface area contributed by atoms with Crippen molar-refractivity contribution in [3.8, 4) is 0 Å². The minimum atomic E-state index is -0.636. The molecule has 0 saturated carbocycles. The normalized spacial score (nSPS) is 23.3. The van der Waals surface area contributed by atoms with Crippen molar-refractivity contribution in [3.63, 3.8) is 0 Å². The molecule has 3 aliphatic heterocycles. The minimum Gasteiger partial charge on any atom is -0.315 e. The predicted octanol–water partition coefficient (Wildman–Crippen LogP) is 1.71. The molecular weight excluding hydrogens is 387 g/mol. The van der Waals surface area contributed by atoms with Gasteiger partial charge < -0.3 is 19.6 Å². The molecule has 3 amide bonds. The fourth-order valence-corrected chi connectivity index (χ4v) is 4.17. The van der Waals surface area contributed by atoms with Gasteiger partial charge in [-0.15, -0.1) is 0 Å². The Balaban J connectivity index is 1.57. The van der Waals surface area contributed by atoms with Gasteiger partial charge in [-0.05, 0) is 40.1 Å². The van der Waals surface area contributed by atoms with Gasteiger partial charge in [0.15, 0.2) is 12.2 Å². The number of hydrogen-bond acceptors (Lipinski definition) is 6. The van der Waals surface area contributed by atoms with E-state index in [4.69, 9.17) is 4.99 Å². The molecule has 2 atom stereocenters. The molecule has 3 aliphatic rings. The van der Waals surface area contributed by atoms with Crippen molar-refractivity contribution < 1.29 is 14.0 Å². The second-order valence-electron chi connectivity index (χ2n) is 8.18. The van der Waals surface area contributed by atoms with Gasteiger partial charge in [-0.2, -0.15) is 0 Å². The molecule has 4 rings (SSSR count). The summed E-state index contributed by atoms with van der Waals surface area (Å²) >= 11 is 0. The van der Waals surface area contributed by atoms with Gasteiger partial charge in [0, 0.05) is 31.1 Å². The number of allylic oxidation sites excluding steroid dienone is 1. The standard InChI is InChI=1S/C21H27FN6O2/c1-14-12-27-17-18(23-20(27)26(14)11-7-10-24(2)3)25(4)21(30)28(19(17)29)13-15-8-5-6-9-16(15)22/h5-6,8-9,12,17-18H,7,10-11,13H2,1-4H3. The zero-order valence-electron chi connectivity index (χ0n) is 17.7. The van der Waals surface area contributed by atoms with Gasteiger partial charge in [-0.25, -0.2) is 14.2 Å². The Kier molecular flexibility index (Phi) is 5.23. The number of urea groups is 1. The number of hydrogen-bond donors (Lipinski definition) is 0. The number of rotatable bonds is 6. The lowest BCUT2D eigenvalue weighted by Gasteiger charge is -2.40. The topological polar surface area (TPSA) is 62.7 Å². The van der Waals surface area contributed by atoms with Gasteiger partial charge in [0.2, 0.25) is 5.96 Å². The van der Waals surface area contributed by atoms with Crippen LogP contribution in [0.1, 0.15) is 18.9 Å². The van der Waals surface area contributed by atoms with E-state index in [0.717, 1.165) is 30.1 Å². The average Bonchev–Trinajstić information content (AvgIpc) is 3.20. The minimum absolute atomic E-state index is 0.101. The Bertz CT molecular complexity index is 930. The average molecular weight is 414 g/mol. The van der Waals surface area contributed by atoms with E-state index in [2.05, 4.69) is 9.80 Å². The molecule has 0 spiro atoms. The van der Waals surface area contributed by atoms with Crippen LogP contribution in [0.4, 0.5) is 9.18 Å². The maximum Gasteiger partial charge on any atom is 0.328 e. The third kappa shape index (κ3) is 3.32. The molecule has 0 aliphatic carbocycles. The number of halogens is 1. The van der Waals surface area contributed by atoms with Crippen molar-refractivity contribution in [2.75, 3.05) is 34.2 Å². The zero-order chi connectivity index (χ0) is 21.6. The van der Waals surface area contributed by atoms with Crippen LogP contribution in [0.25, 0.3) is 0 Å². The zero-order valence-corrected chi connectivity index (χ0v) is 17.7. The number of likely N-dealkylation sites (N-methyl/N-ethyl adjacent to an activating group) is 1. The van der Waals surface area contributed by atoms with Gasteiger partial charge >= 0.3 is 6.03 Å². The van der Waals surface area contributed by atoms with E-state index in [1.54, 1.807) is 25.2 Å². The summed E-state index contributed by atoms with van der Waals surface area (Å²) in [6, 6.07) is 5.10. The van der Waals surface area contributed by atoms with Gasteiger partial charge in [0.1, 0.15) is 5.82 Å². The van der Waals surface area contributed by atoms with Crippen molar-refractivity contribution in [2.24, 2.45) is 4.99 Å². The molecule has 2 unspecified atom stereocenters. The van der Waals surface area contributed by atoms with Gasteiger partial charge in [0.25, 0.3) is 5.91 Å². The number of guanidine groups is 1. The van der Waals surface area contributed by atoms with E-state index >= 15 is 0 Å². The van der Waals surface area contributed by atoms with E-state index in [0.29, 0.717) is 11.5 Å². The number of carbonyl (C=O) groups is 2. The summed E-state index contributed by atoms with van der Waals surface area (Å²) < 4.78 is 14.1. The molecule has 1 fully saturated rings. The molecule has 160 valence electrons. The van der Waals surface area contributed by atoms with Crippen LogP contribution < -0.4 is 0 Å². The van der Waals surface area contributed by atoms with Crippen LogP contribution in [0, 0.1) is 5.82 Å². The van der Waals surface area contributed by atoms with E-state index in [9.17, 15) is 14.0 Å². The smallest absolute Gasteiger partial charge is 0.315 e. The largest absolute Gasteiger partial charge is 0.328 e. The summed E-state index contributed by atoms with van der Waals surface area (Å²) in [7, 11) is 5.70. The third-order valence-corrected chi connectivity index (χ3v) is 5.78. The van der Waals surface area contributed by atoms with E-state index in [1.165, 1.54) is 11.0 Å². The highest BCUT2D eigenvalue weighted by molar-refractivity contribution is 6.04. The lowest BCUT2D eigenvalue weighted by molar-refractivity contribution is -0.137. The molecule has 30 heavy (non-hydrogen) atoms. The Hall–Kier alpha value is -2.94. The van der Waals surface area contributed by atoms with Crippen LogP contribution >= 0.6 is 0 Å². The highest BCUT2D eigenvalue weighted by Gasteiger charge is 2.54. The Morgan fingerprint density at radius 1 is 1.17 bits per heavy atom. The first kappa shape index (κ1) is 20.3. The molecule has 0 radical (unpaired) electrons. The SMILES string of the molecule is CC1=CN2C(=NC3C2C(=O)N(Cc2ccccc2F)C(=O)N3C)N1CCCN(C)C. The summed E-state index contributed by atoms with van der Waals surface area (Å²) in [6.07, 6.45) is 2.28. The fraction of sp³-hybridized carbons (Fsp3) is 0.476. The quantitative estimate of drug-likeness (QED) is 0.709. The molecule has 9 heteroatoms. The van der Waals surface area contributed by atoms with Crippen molar-refractivity contribution in [1.29, 1.82) is 0 Å². The fourth-order valence-electron chi connectivity index (χ4n) is 4.17. The van der Waals surface area contributed by atoms with Crippen LogP contribution in [0.3, 0.4) is 0 Å². The third-order valence-electron chi connectivity index (χ3n) is 5.78. The summed E-state index contributed by atoms with van der Waals surface area (Å²) in [6.45, 7) is 3.61. The maximum absolute atomic E-state index is 14.1. The van der Waals surface area contributed by atoms with E-state index in [1.807, 2.05) is 32.1 Å². The number of amides is 3. The second kappa shape index (κ2) is 7.71. The van der Waals surface area contributed by atoms with Crippen LogP contribution in [0.2, 0.25) is 0 Å². The lowest BCUT2D eigenvalue weighted by atomic mass is 10.1. The van der Waals surface area contributed by atoms with Gasteiger partial charge in [-0.1, -0.05) is 18.2 Å². The van der Waals surface area contributed by atoms with Gasteiger partial charge in [-0.3, -0.25) is 9.69 Å². The summed E-state index contributed by atoms with van der Waals surface area (Å²) in [5.74, 6) is -0.0958. The molecule has 0 N–H and O–H groups in total. The summed E-state index contributed by atoms with van der Waals surface area (Å²) in [5.41, 5.74) is 1.32. The molecule has 1 aromatic rings.